The molecule has 0 spiro atoms. The summed E-state index contributed by atoms with van der Waals surface area (Å²) in [5.74, 6) is 0.690. The summed E-state index contributed by atoms with van der Waals surface area (Å²) in [6.07, 6.45) is 3.26. The van der Waals surface area contributed by atoms with Gasteiger partial charge in [0.05, 0.1) is 11.7 Å². The summed E-state index contributed by atoms with van der Waals surface area (Å²) in [7, 11) is 2.04. The van der Waals surface area contributed by atoms with Crippen molar-refractivity contribution in [1.82, 2.24) is 15.2 Å². The van der Waals surface area contributed by atoms with Crippen molar-refractivity contribution in [3.05, 3.63) is 29.6 Å². The fourth-order valence-corrected chi connectivity index (χ4v) is 2.84. The minimum Gasteiger partial charge on any atom is -0.319 e. The van der Waals surface area contributed by atoms with Gasteiger partial charge in [0.15, 0.2) is 0 Å². The molecule has 17 heavy (non-hydrogen) atoms. The van der Waals surface area contributed by atoms with Crippen LogP contribution in [0, 0.1) is 12.8 Å². The molecule has 2 rings (SSSR count). The number of aryl methyl sites for hydroxylation is 1. The van der Waals surface area contributed by atoms with Gasteiger partial charge in [0.2, 0.25) is 0 Å². The van der Waals surface area contributed by atoms with Gasteiger partial charge in [0.1, 0.15) is 0 Å². The maximum Gasteiger partial charge on any atom is 0.0578 e. The molecule has 0 radical (unpaired) electrons. The van der Waals surface area contributed by atoms with E-state index in [0.29, 0.717) is 12.0 Å². The Morgan fingerprint density at radius 2 is 2.29 bits per heavy atom. The Labute approximate surface area is 104 Å². The lowest BCUT2D eigenvalue weighted by molar-refractivity contribution is 0.233. The standard InChI is InChI=1S/C14H23N3/c1-4-17-8-7-12(10-15-3)14(17)13-6-5-11(2)9-16-13/h5-6,9,12,14-15H,4,7-8,10H2,1-3H3. The Morgan fingerprint density at radius 3 is 2.88 bits per heavy atom. The predicted molar refractivity (Wildman–Crippen MR) is 71.0 cm³/mol. The van der Waals surface area contributed by atoms with E-state index in [-0.39, 0.29) is 0 Å². The molecule has 2 heterocycles. The molecule has 0 amide bonds. The van der Waals surface area contributed by atoms with E-state index in [2.05, 4.69) is 41.2 Å². The molecule has 1 fully saturated rings. The molecule has 0 saturated carbocycles. The van der Waals surface area contributed by atoms with Gasteiger partial charge in [-0.25, -0.2) is 0 Å². The summed E-state index contributed by atoms with van der Waals surface area (Å²) >= 11 is 0. The van der Waals surface area contributed by atoms with Crippen molar-refractivity contribution in [2.75, 3.05) is 26.7 Å². The second kappa shape index (κ2) is 5.61. The van der Waals surface area contributed by atoms with Crippen molar-refractivity contribution < 1.29 is 0 Å². The van der Waals surface area contributed by atoms with Crippen molar-refractivity contribution in [1.29, 1.82) is 0 Å². The highest BCUT2D eigenvalue weighted by atomic mass is 15.2. The third-order valence-corrected chi connectivity index (χ3v) is 3.74. The predicted octanol–water partition coefficient (Wildman–Crippen LogP) is 1.99. The van der Waals surface area contributed by atoms with E-state index in [9.17, 15) is 0 Å². The molecule has 0 bridgehead atoms. The smallest absolute Gasteiger partial charge is 0.0578 e. The van der Waals surface area contributed by atoms with Crippen molar-refractivity contribution in [3.8, 4) is 0 Å². The third-order valence-electron chi connectivity index (χ3n) is 3.74. The van der Waals surface area contributed by atoms with Gasteiger partial charge >= 0.3 is 0 Å². The lowest BCUT2D eigenvalue weighted by Gasteiger charge is -2.26. The van der Waals surface area contributed by atoms with Crippen LogP contribution in [0.15, 0.2) is 18.3 Å². The number of pyridine rings is 1. The van der Waals surface area contributed by atoms with E-state index in [0.717, 1.165) is 13.1 Å². The first-order valence-electron chi connectivity index (χ1n) is 6.57. The minimum atomic E-state index is 0.494. The number of nitrogens with one attached hydrogen (secondary N) is 1. The highest BCUT2D eigenvalue weighted by molar-refractivity contribution is 5.17. The Kier molecular flexibility index (Phi) is 4.13. The lowest BCUT2D eigenvalue weighted by atomic mass is 9.97. The number of likely N-dealkylation sites (tertiary alicyclic amines) is 1. The Bertz CT molecular complexity index is 347. The number of hydrogen-bond donors (Lipinski definition) is 1. The summed E-state index contributed by atoms with van der Waals surface area (Å²) in [6, 6.07) is 4.86. The fraction of sp³-hybridized carbons (Fsp3) is 0.643. The van der Waals surface area contributed by atoms with Gasteiger partial charge in [0, 0.05) is 6.20 Å². The van der Waals surface area contributed by atoms with Crippen molar-refractivity contribution in [2.24, 2.45) is 5.92 Å². The molecule has 3 heteroatoms. The van der Waals surface area contributed by atoms with Crippen molar-refractivity contribution in [2.45, 2.75) is 26.3 Å². The van der Waals surface area contributed by atoms with Gasteiger partial charge in [-0.15, -0.1) is 0 Å². The molecule has 2 atom stereocenters. The zero-order chi connectivity index (χ0) is 12.3. The van der Waals surface area contributed by atoms with Crippen LogP contribution < -0.4 is 5.32 Å². The molecule has 1 N–H and O–H groups in total. The maximum absolute atomic E-state index is 4.62. The van der Waals surface area contributed by atoms with Crippen LogP contribution in [-0.4, -0.2) is 36.6 Å². The zero-order valence-electron chi connectivity index (χ0n) is 11.1. The second-order valence-corrected chi connectivity index (χ2v) is 4.94. The minimum absolute atomic E-state index is 0.494. The van der Waals surface area contributed by atoms with E-state index in [1.807, 2.05) is 13.2 Å². The van der Waals surface area contributed by atoms with Crippen LogP contribution in [0.3, 0.4) is 0 Å². The molecule has 1 aliphatic rings. The van der Waals surface area contributed by atoms with E-state index < -0.39 is 0 Å². The number of aromatic nitrogens is 1. The fourth-order valence-electron chi connectivity index (χ4n) is 2.84. The average molecular weight is 233 g/mol. The van der Waals surface area contributed by atoms with Crippen LogP contribution >= 0.6 is 0 Å². The van der Waals surface area contributed by atoms with E-state index in [4.69, 9.17) is 0 Å². The summed E-state index contributed by atoms with van der Waals surface area (Å²) in [6.45, 7) is 7.72. The molecule has 1 saturated heterocycles. The Hall–Kier alpha value is -0.930. The van der Waals surface area contributed by atoms with Gasteiger partial charge < -0.3 is 5.32 Å². The van der Waals surface area contributed by atoms with Crippen LogP contribution in [0.4, 0.5) is 0 Å². The topological polar surface area (TPSA) is 28.2 Å². The van der Waals surface area contributed by atoms with Crippen molar-refractivity contribution >= 4 is 0 Å². The largest absolute Gasteiger partial charge is 0.319 e. The molecule has 1 aromatic heterocycles. The van der Waals surface area contributed by atoms with E-state index >= 15 is 0 Å². The first kappa shape index (κ1) is 12.5. The van der Waals surface area contributed by atoms with Gasteiger partial charge in [-0.1, -0.05) is 13.0 Å². The molecule has 94 valence electrons. The summed E-state index contributed by atoms with van der Waals surface area (Å²) < 4.78 is 0. The third kappa shape index (κ3) is 2.67. The Morgan fingerprint density at radius 1 is 1.47 bits per heavy atom. The summed E-state index contributed by atoms with van der Waals surface area (Å²) in [4.78, 5) is 7.16. The number of hydrogen-bond acceptors (Lipinski definition) is 3. The van der Waals surface area contributed by atoms with Gasteiger partial charge in [-0.2, -0.15) is 0 Å². The monoisotopic (exact) mass is 233 g/mol. The van der Waals surface area contributed by atoms with E-state index in [1.54, 1.807) is 0 Å². The maximum atomic E-state index is 4.62. The van der Waals surface area contributed by atoms with Crippen LogP contribution in [0.2, 0.25) is 0 Å². The molecule has 3 nitrogen and oxygen atoms in total. The molecule has 1 aliphatic heterocycles. The summed E-state index contributed by atoms with van der Waals surface area (Å²) in [5.41, 5.74) is 2.47. The highest BCUT2D eigenvalue weighted by Crippen LogP contribution is 2.35. The number of rotatable bonds is 4. The van der Waals surface area contributed by atoms with Gasteiger partial charge in [-0.3, -0.25) is 9.88 Å². The van der Waals surface area contributed by atoms with Crippen LogP contribution in [0.1, 0.15) is 30.6 Å². The number of nitrogens with zero attached hydrogens (tertiary/aromatic N) is 2. The van der Waals surface area contributed by atoms with Crippen LogP contribution in [0.5, 0.6) is 0 Å². The lowest BCUT2D eigenvalue weighted by Crippen LogP contribution is -2.29. The van der Waals surface area contributed by atoms with Crippen LogP contribution in [-0.2, 0) is 0 Å². The first-order valence-corrected chi connectivity index (χ1v) is 6.57. The molecule has 0 aliphatic carbocycles. The quantitative estimate of drug-likeness (QED) is 0.862. The van der Waals surface area contributed by atoms with Gasteiger partial charge in [-0.05, 0) is 57.6 Å². The molecular formula is C14H23N3. The van der Waals surface area contributed by atoms with Crippen molar-refractivity contribution in [3.63, 3.8) is 0 Å². The average Bonchev–Trinajstić information content (AvgIpc) is 2.74. The van der Waals surface area contributed by atoms with Gasteiger partial charge in [0.25, 0.3) is 0 Å². The molecule has 2 unspecified atom stereocenters. The SMILES string of the molecule is CCN1CCC(CNC)C1c1ccc(C)cn1. The normalized spacial score (nSPS) is 25.4. The second-order valence-electron chi connectivity index (χ2n) is 4.94. The molecule has 1 aromatic rings. The van der Waals surface area contributed by atoms with E-state index in [1.165, 1.54) is 24.2 Å². The van der Waals surface area contributed by atoms with Crippen LogP contribution in [0.25, 0.3) is 0 Å². The first-order chi connectivity index (χ1) is 8.26. The Balaban J connectivity index is 2.21. The molecule has 0 aromatic carbocycles. The zero-order valence-corrected chi connectivity index (χ0v) is 11.1. The highest BCUT2D eigenvalue weighted by Gasteiger charge is 2.34. The summed E-state index contributed by atoms with van der Waals surface area (Å²) in [5, 5.41) is 3.31. The molecular weight excluding hydrogens is 210 g/mol.